The molecule has 0 aliphatic carbocycles. The van der Waals surface area contributed by atoms with Gasteiger partial charge in [0.2, 0.25) is 0 Å². The minimum Gasteiger partial charge on any atom is -0.294 e. The van der Waals surface area contributed by atoms with Gasteiger partial charge in [-0.05, 0) is 18.6 Å². The first-order chi connectivity index (χ1) is 6.90. The van der Waals surface area contributed by atoms with Gasteiger partial charge in [-0.1, -0.05) is 0 Å². The number of nitrogens with zero attached hydrogens (tertiary/aromatic N) is 1. The lowest BCUT2D eigenvalue weighted by Gasteiger charge is -2.06. The Morgan fingerprint density at radius 1 is 1.47 bits per heavy atom. The van der Waals surface area contributed by atoms with Crippen LogP contribution in [0.15, 0.2) is 18.5 Å². The van der Waals surface area contributed by atoms with Crippen molar-refractivity contribution in [2.75, 3.05) is 0 Å². The molecule has 82 valence electrons. The van der Waals surface area contributed by atoms with Crippen molar-refractivity contribution in [2.45, 2.75) is 25.9 Å². The number of hydrogen-bond acceptors (Lipinski definition) is 2. The molecule has 0 saturated heterocycles. The van der Waals surface area contributed by atoms with Crippen LogP contribution in [0, 0.1) is 6.92 Å². The number of halogens is 3. The lowest BCUT2D eigenvalue weighted by atomic mass is 10.0. The third-order valence-electron chi connectivity index (χ3n) is 1.98. The van der Waals surface area contributed by atoms with Crippen molar-refractivity contribution in [1.29, 1.82) is 0 Å². The molecule has 1 aromatic heterocycles. The van der Waals surface area contributed by atoms with Crippen LogP contribution in [0.3, 0.4) is 0 Å². The van der Waals surface area contributed by atoms with Gasteiger partial charge in [0.05, 0.1) is 6.42 Å². The zero-order chi connectivity index (χ0) is 11.5. The van der Waals surface area contributed by atoms with Gasteiger partial charge >= 0.3 is 6.18 Å². The lowest BCUT2D eigenvalue weighted by Crippen LogP contribution is -2.11. The third kappa shape index (κ3) is 3.69. The fourth-order valence-corrected chi connectivity index (χ4v) is 1.15. The van der Waals surface area contributed by atoms with Gasteiger partial charge in [-0.25, -0.2) is 0 Å². The second kappa shape index (κ2) is 4.42. The van der Waals surface area contributed by atoms with Crippen molar-refractivity contribution >= 4 is 5.78 Å². The SMILES string of the molecule is Cc1ccncc1C(=O)CCC(F)(F)F. The molecule has 1 aromatic rings. The van der Waals surface area contributed by atoms with E-state index in [9.17, 15) is 18.0 Å². The van der Waals surface area contributed by atoms with Gasteiger partial charge in [-0.2, -0.15) is 13.2 Å². The maximum Gasteiger partial charge on any atom is 0.389 e. The summed E-state index contributed by atoms with van der Waals surface area (Å²) in [6.45, 7) is 1.67. The topological polar surface area (TPSA) is 30.0 Å². The minimum atomic E-state index is -4.29. The highest BCUT2D eigenvalue weighted by molar-refractivity contribution is 5.97. The average molecular weight is 217 g/mol. The molecule has 0 aliphatic rings. The van der Waals surface area contributed by atoms with Crippen molar-refractivity contribution in [3.05, 3.63) is 29.6 Å². The summed E-state index contributed by atoms with van der Waals surface area (Å²) in [4.78, 5) is 15.1. The van der Waals surface area contributed by atoms with Crippen LogP contribution in [0.1, 0.15) is 28.8 Å². The Bertz CT molecular complexity index is 360. The first kappa shape index (κ1) is 11.7. The molecule has 0 fully saturated rings. The van der Waals surface area contributed by atoms with E-state index in [2.05, 4.69) is 4.98 Å². The van der Waals surface area contributed by atoms with Crippen LogP contribution in [0.5, 0.6) is 0 Å². The van der Waals surface area contributed by atoms with Crippen LogP contribution in [-0.2, 0) is 0 Å². The minimum absolute atomic E-state index is 0.266. The molecule has 1 heterocycles. The molecule has 1 rings (SSSR count). The monoisotopic (exact) mass is 217 g/mol. The van der Waals surface area contributed by atoms with Gasteiger partial charge < -0.3 is 0 Å². The summed E-state index contributed by atoms with van der Waals surface area (Å²) in [5.74, 6) is -0.516. The number of alkyl halides is 3. The first-order valence-electron chi connectivity index (χ1n) is 4.41. The number of rotatable bonds is 3. The highest BCUT2D eigenvalue weighted by atomic mass is 19.4. The van der Waals surface area contributed by atoms with Crippen LogP contribution in [0.2, 0.25) is 0 Å². The van der Waals surface area contributed by atoms with Crippen molar-refractivity contribution in [3.63, 3.8) is 0 Å². The molecule has 0 spiro atoms. The Kier molecular flexibility index (Phi) is 3.44. The predicted molar refractivity (Wildman–Crippen MR) is 48.6 cm³/mol. The molecule has 0 aromatic carbocycles. The Hall–Kier alpha value is -1.39. The van der Waals surface area contributed by atoms with Gasteiger partial charge in [-0.3, -0.25) is 9.78 Å². The number of hydrogen-bond donors (Lipinski definition) is 0. The Labute approximate surface area is 85.1 Å². The summed E-state index contributed by atoms with van der Waals surface area (Å²) in [5, 5.41) is 0. The first-order valence-corrected chi connectivity index (χ1v) is 4.41. The average Bonchev–Trinajstić information content (AvgIpc) is 2.14. The zero-order valence-electron chi connectivity index (χ0n) is 8.14. The summed E-state index contributed by atoms with van der Waals surface area (Å²) in [6, 6.07) is 1.60. The second-order valence-corrected chi connectivity index (χ2v) is 3.23. The highest BCUT2D eigenvalue weighted by Gasteiger charge is 2.28. The van der Waals surface area contributed by atoms with E-state index in [1.165, 1.54) is 12.4 Å². The van der Waals surface area contributed by atoms with Crippen LogP contribution in [-0.4, -0.2) is 16.9 Å². The molecule has 5 heteroatoms. The fraction of sp³-hybridized carbons (Fsp3) is 0.400. The smallest absolute Gasteiger partial charge is 0.294 e. The normalized spacial score (nSPS) is 11.5. The van der Waals surface area contributed by atoms with E-state index in [-0.39, 0.29) is 5.56 Å². The number of aromatic nitrogens is 1. The molecule has 0 amide bonds. The quantitative estimate of drug-likeness (QED) is 0.728. The van der Waals surface area contributed by atoms with E-state index in [1.807, 2.05) is 0 Å². The third-order valence-corrected chi connectivity index (χ3v) is 1.98. The molecule has 0 bridgehead atoms. The van der Waals surface area contributed by atoms with E-state index in [4.69, 9.17) is 0 Å². The van der Waals surface area contributed by atoms with Crippen LogP contribution in [0.25, 0.3) is 0 Å². The van der Waals surface area contributed by atoms with Gasteiger partial charge in [0.15, 0.2) is 5.78 Å². The second-order valence-electron chi connectivity index (χ2n) is 3.23. The lowest BCUT2D eigenvalue weighted by molar-refractivity contribution is -0.133. The molecule has 0 atom stereocenters. The summed E-state index contributed by atoms with van der Waals surface area (Å²) < 4.78 is 35.6. The van der Waals surface area contributed by atoms with Gasteiger partial charge in [0.1, 0.15) is 0 Å². The molecular weight excluding hydrogens is 207 g/mol. The summed E-state index contributed by atoms with van der Waals surface area (Å²) >= 11 is 0. The van der Waals surface area contributed by atoms with Crippen LogP contribution in [0.4, 0.5) is 13.2 Å². The largest absolute Gasteiger partial charge is 0.389 e. The predicted octanol–water partition coefficient (Wildman–Crippen LogP) is 2.92. The van der Waals surface area contributed by atoms with Gasteiger partial charge in [0, 0.05) is 24.4 Å². The maximum absolute atomic E-state index is 11.9. The van der Waals surface area contributed by atoms with E-state index in [0.29, 0.717) is 5.56 Å². The number of carbonyl (C=O) groups is 1. The standard InChI is InChI=1S/C10H10F3NO/c1-7-3-5-14-6-8(7)9(15)2-4-10(11,12)13/h3,5-6H,2,4H2,1H3. The van der Waals surface area contributed by atoms with E-state index in [1.54, 1.807) is 13.0 Å². The van der Waals surface area contributed by atoms with E-state index < -0.39 is 24.8 Å². The van der Waals surface area contributed by atoms with E-state index in [0.717, 1.165) is 0 Å². The molecule has 0 aliphatic heterocycles. The zero-order valence-corrected chi connectivity index (χ0v) is 8.14. The van der Waals surface area contributed by atoms with Gasteiger partial charge in [-0.15, -0.1) is 0 Å². The van der Waals surface area contributed by atoms with Crippen LogP contribution >= 0.6 is 0 Å². The molecular formula is C10H10F3NO. The number of Topliss-reactive ketones (excluding diaryl/α,β-unsaturated/α-hetero) is 1. The highest BCUT2D eigenvalue weighted by Crippen LogP contribution is 2.22. The molecule has 0 radical (unpaired) electrons. The Morgan fingerprint density at radius 2 is 2.13 bits per heavy atom. The summed E-state index contributed by atoms with van der Waals surface area (Å²) in [7, 11) is 0. The molecule has 2 nitrogen and oxygen atoms in total. The van der Waals surface area contributed by atoms with Crippen molar-refractivity contribution in [2.24, 2.45) is 0 Å². The van der Waals surface area contributed by atoms with E-state index >= 15 is 0 Å². The van der Waals surface area contributed by atoms with Crippen molar-refractivity contribution in [1.82, 2.24) is 4.98 Å². The number of ketones is 1. The van der Waals surface area contributed by atoms with Crippen molar-refractivity contribution < 1.29 is 18.0 Å². The summed E-state index contributed by atoms with van der Waals surface area (Å²) in [5.41, 5.74) is 0.916. The molecule has 15 heavy (non-hydrogen) atoms. The Balaban J connectivity index is 2.66. The summed E-state index contributed by atoms with van der Waals surface area (Å²) in [6.07, 6.45) is -3.09. The Morgan fingerprint density at radius 3 is 2.67 bits per heavy atom. The number of carbonyl (C=O) groups excluding carboxylic acids is 1. The molecule has 0 unspecified atom stereocenters. The number of aryl methyl sites for hydroxylation is 1. The van der Waals surface area contributed by atoms with Crippen molar-refractivity contribution in [3.8, 4) is 0 Å². The fourth-order valence-electron chi connectivity index (χ4n) is 1.15. The maximum atomic E-state index is 11.9. The molecule has 0 saturated carbocycles. The van der Waals surface area contributed by atoms with Crippen LogP contribution < -0.4 is 0 Å². The molecule has 0 N–H and O–H groups in total. The number of pyridine rings is 1. The van der Waals surface area contributed by atoms with Gasteiger partial charge in [0.25, 0.3) is 0 Å².